The van der Waals surface area contributed by atoms with E-state index in [9.17, 15) is 18.3 Å². The van der Waals surface area contributed by atoms with Crippen LogP contribution in [0.25, 0.3) is 0 Å². The van der Waals surface area contributed by atoms with Gasteiger partial charge in [-0.3, -0.25) is 0 Å². The van der Waals surface area contributed by atoms with Crippen molar-refractivity contribution in [3.63, 3.8) is 0 Å². The number of rotatable bonds is 6. The number of hydrogen-bond donors (Lipinski definition) is 2. The van der Waals surface area contributed by atoms with Crippen molar-refractivity contribution in [2.45, 2.75) is 19.1 Å². The minimum atomic E-state index is -4.17. The predicted molar refractivity (Wildman–Crippen MR) is 63.6 cm³/mol. The summed E-state index contributed by atoms with van der Waals surface area (Å²) in [7, 11) is 2.77. The van der Waals surface area contributed by atoms with E-state index in [1.807, 2.05) is 0 Å². The standard InChI is InChI=1S/C12H16F3NO3/c1-18-9-5-8(6-10(19-2)11(9)17)7-16-4-3-12(13,14)15/h5-6,16-17H,3-4,7H2,1-2H3. The highest BCUT2D eigenvalue weighted by Gasteiger charge is 2.25. The maximum absolute atomic E-state index is 12.0. The summed E-state index contributed by atoms with van der Waals surface area (Å²) >= 11 is 0. The lowest BCUT2D eigenvalue weighted by Crippen LogP contribution is -2.21. The van der Waals surface area contributed by atoms with E-state index in [-0.39, 0.29) is 30.3 Å². The van der Waals surface area contributed by atoms with Crippen LogP contribution in [-0.2, 0) is 6.54 Å². The molecule has 0 amide bonds. The molecule has 19 heavy (non-hydrogen) atoms. The molecule has 0 aromatic heterocycles. The molecule has 0 saturated carbocycles. The van der Waals surface area contributed by atoms with Gasteiger partial charge in [-0.05, 0) is 17.7 Å². The second-order valence-corrected chi connectivity index (χ2v) is 3.89. The SMILES string of the molecule is COc1cc(CNCCC(F)(F)F)cc(OC)c1O. The third-order valence-corrected chi connectivity index (χ3v) is 2.45. The van der Waals surface area contributed by atoms with Crippen LogP contribution in [0.2, 0.25) is 0 Å². The highest BCUT2D eigenvalue weighted by molar-refractivity contribution is 5.52. The number of aromatic hydroxyl groups is 1. The Morgan fingerprint density at radius 3 is 2.11 bits per heavy atom. The fourth-order valence-electron chi connectivity index (χ4n) is 1.51. The second kappa shape index (κ2) is 6.51. The van der Waals surface area contributed by atoms with Gasteiger partial charge in [0.1, 0.15) is 0 Å². The first-order valence-corrected chi connectivity index (χ1v) is 5.58. The van der Waals surface area contributed by atoms with Crippen LogP contribution in [0.3, 0.4) is 0 Å². The van der Waals surface area contributed by atoms with Gasteiger partial charge in [-0.15, -0.1) is 0 Å². The highest BCUT2D eigenvalue weighted by Crippen LogP contribution is 2.37. The first kappa shape index (κ1) is 15.4. The van der Waals surface area contributed by atoms with E-state index < -0.39 is 12.6 Å². The van der Waals surface area contributed by atoms with Crippen molar-refractivity contribution in [1.82, 2.24) is 5.32 Å². The molecule has 0 heterocycles. The van der Waals surface area contributed by atoms with Gasteiger partial charge < -0.3 is 19.9 Å². The summed E-state index contributed by atoms with van der Waals surface area (Å²) in [5, 5.41) is 12.3. The van der Waals surface area contributed by atoms with Gasteiger partial charge in [-0.2, -0.15) is 13.2 Å². The van der Waals surface area contributed by atoms with Crippen molar-refractivity contribution in [2.75, 3.05) is 20.8 Å². The Kier molecular flexibility index (Phi) is 5.29. The predicted octanol–water partition coefficient (Wildman–Crippen LogP) is 2.45. The number of methoxy groups -OCH3 is 2. The Morgan fingerprint density at radius 1 is 1.16 bits per heavy atom. The smallest absolute Gasteiger partial charge is 0.390 e. The number of alkyl halides is 3. The quantitative estimate of drug-likeness (QED) is 0.785. The number of ether oxygens (including phenoxy) is 2. The van der Waals surface area contributed by atoms with Gasteiger partial charge in [0.15, 0.2) is 11.5 Å². The van der Waals surface area contributed by atoms with Crippen LogP contribution in [0, 0.1) is 0 Å². The van der Waals surface area contributed by atoms with Crippen LogP contribution in [-0.4, -0.2) is 32.0 Å². The highest BCUT2D eigenvalue weighted by atomic mass is 19.4. The molecule has 0 aliphatic rings. The number of nitrogens with one attached hydrogen (secondary N) is 1. The van der Waals surface area contributed by atoms with E-state index in [1.165, 1.54) is 14.2 Å². The molecule has 0 saturated heterocycles. The van der Waals surface area contributed by atoms with Crippen LogP contribution < -0.4 is 14.8 Å². The molecule has 4 nitrogen and oxygen atoms in total. The molecule has 0 radical (unpaired) electrons. The molecule has 0 atom stereocenters. The monoisotopic (exact) mass is 279 g/mol. The molecule has 0 aliphatic carbocycles. The Morgan fingerprint density at radius 2 is 1.68 bits per heavy atom. The molecule has 7 heteroatoms. The van der Waals surface area contributed by atoms with Gasteiger partial charge >= 0.3 is 6.18 Å². The summed E-state index contributed by atoms with van der Waals surface area (Å²) in [5.41, 5.74) is 0.661. The summed E-state index contributed by atoms with van der Waals surface area (Å²) < 4.78 is 45.8. The fourth-order valence-corrected chi connectivity index (χ4v) is 1.51. The Hall–Kier alpha value is -1.63. The van der Waals surface area contributed by atoms with E-state index in [4.69, 9.17) is 9.47 Å². The van der Waals surface area contributed by atoms with E-state index in [2.05, 4.69) is 5.32 Å². The average molecular weight is 279 g/mol. The third-order valence-electron chi connectivity index (χ3n) is 2.45. The normalized spacial score (nSPS) is 11.4. The van der Waals surface area contributed by atoms with E-state index in [0.29, 0.717) is 5.56 Å². The molecule has 0 unspecified atom stereocenters. The first-order valence-electron chi connectivity index (χ1n) is 5.58. The molecule has 1 aromatic carbocycles. The van der Waals surface area contributed by atoms with Crippen molar-refractivity contribution < 1.29 is 27.8 Å². The van der Waals surface area contributed by atoms with Crippen molar-refractivity contribution in [1.29, 1.82) is 0 Å². The minimum Gasteiger partial charge on any atom is -0.502 e. The van der Waals surface area contributed by atoms with Crippen molar-refractivity contribution in [3.05, 3.63) is 17.7 Å². The van der Waals surface area contributed by atoms with Crippen molar-refractivity contribution >= 4 is 0 Å². The van der Waals surface area contributed by atoms with Crippen molar-refractivity contribution in [3.8, 4) is 17.2 Å². The maximum Gasteiger partial charge on any atom is 0.390 e. The van der Waals surface area contributed by atoms with Crippen molar-refractivity contribution in [2.24, 2.45) is 0 Å². The third kappa shape index (κ3) is 4.86. The molecule has 0 spiro atoms. The van der Waals surface area contributed by atoms with Gasteiger partial charge in [0, 0.05) is 13.1 Å². The van der Waals surface area contributed by atoms with Gasteiger partial charge in [-0.1, -0.05) is 0 Å². The summed E-state index contributed by atoms with van der Waals surface area (Å²) in [6.07, 6.45) is -5.06. The zero-order valence-electron chi connectivity index (χ0n) is 10.7. The largest absolute Gasteiger partial charge is 0.502 e. The summed E-state index contributed by atoms with van der Waals surface area (Å²) in [6.45, 7) is 0.0537. The van der Waals surface area contributed by atoms with Gasteiger partial charge in [-0.25, -0.2) is 0 Å². The molecule has 108 valence electrons. The van der Waals surface area contributed by atoms with Crippen LogP contribution in [0.4, 0.5) is 13.2 Å². The topological polar surface area (TPSA) is 50.7 Å². The first-order chi connectivity index (χ1) is 8.87. The Bertz CT molecular complexity index is 396. The molecule has 0 bridgehead atoms. The molecule has 1 aromatic rings. The molecule has 0 fully saturated rings. The Labute approximate surface area is 109 Å². The Balaban J connectivity index is 2.63. The zero-order chi connectivity index (χ0) is 14.5. The van der Waals surface area contributed by atoms with Crippen LogP contribution >= 0.6 is 0 Å². The van der Waals surface area contributed by atoms with Crippen LogP contribution in [0.1, 0.15) is 12.0 Å². The lowest BCUT2D eigenvalue weighted by atomic mass is 10.2. The molecule has 2 N–H and O–H groups in total. The fraction of sp³-hybridized carbons (Fsp3) is 0.500. The van der Waals surface area contributed by atoms with Gasteiger partial charge in [0.25, 0.3) is 0 Å². The number of phenolic OH excluding ortho intramolecular Hbond substituents is 1. The van der Waals surface area contributed by atoms with Gasteiger partial charge in [0.05, 0.1) is 20.6 Å². The average Bonchev–Trinajstić information content (AvgIpc) is 2.35. The maximum atomic E-state index is 12.0. The molecule has 0 aliphatic heterocycles. The summed E-state index contributed by atoms with van der Waals surface area (Å²) in [6, 6.07) is 3.08. The number of phenols is 1. The number of hydrogen-bond acceptors (Lipinski definition) is 4. The molecular formula is C12H16F3NO3. The van der Waals surface area contributed by atoms with E-state index >= 15 is 0 Å². The van der Waals surface area contributed by atoms with Gasteiger partial charge in [0.2, 0.25) is 5.75 Å². The van der Waals surface area contributed by atoms with Crippen LogP contribution in [0.15, 0.2) is 12.1 Å². The minimum absolute atomic E-state index is 0.135. The zero-order valence-corrected chi connectivity index (χ0v) is 10.7. The lowest BCUT2D eigenvalue weighted by molar-refractivity contribution is -0.133. The lowest BCUT2D eigenvalue weighted by Gasteiger charge is -2.12. The van der Waals surface area contributed by atoms with E-state index in [0.717, 1.165) is 0 Å². The van der Waals surface area contributed by atoms with Crippen LogP contribution in [0.5, 0.6) is 17.2 Å². The summed E-state index contributed by atoms with van der Waals surface area (Å²) in [4.78, 5) is 0. The van der Waals surface area contributed by atoms with E-state index in [1.54, 1.807) is 12.1 Å². The summed E-state index contributed by atoms with van der Waals surface area (Å²) in [5.74, 6) is 0.294. The second-order valence-electron chi connectivity index (χ2n) is 3.89. The molecular weight excluding hydrogens is 263 g/mol. The molecule has 1 rings (SSSR count). The number of benzene rings is 1. The number of halogens is 3.